The highest BCUT2D eigenvalue weighted by Gasteiger charge is 2.35. The highest BCUT2D eigenvalue weighted by Crippen LogP contribution is 2.27. The van der Waals surface area contributed by atoms with Gasteiger partial charge in [0, 0.05) is 38.3 Å². The summed E-state index contributed by atoms with van der Waals surface area (Å²) >= 11 is 0. The van der Waals surface area contributed by atoms with Gasteiger partial charge in [0.25, 0.3) is 0 Å². The van der Waals surface area contributed by atoms with Crippen molar-refractivity contribution in [3.63, 3.8) is 0 Å². The topological polar surface area (TPSA) is 24.5 Å². The van der Waals surface area contributed by atoms with E-state index >= 15 is 0 Å². The van der Waals surface area contributed by atoms with Gasteiger partial charge in [0.05, 0.1) is 5.60 Å². The third-order valence-corrected chi connectivity index (χ3v) is 4.42. The lowest BCUT2D eigenvalue weighted by molar-refractivity contribution is -0.0283. The quantitative estimate of drug-likeness (QED) is 0.813. The van der Waals surface area contributed by atoms with Crippen LogP contribution in [0.3, 0.4) is 0 Å². The summed E-state index contributed by atoms with van der Waals surface area (Å²) in [5, 5.41) is 3.65. The van der Waals surface area contributed by atoms with E-state index < -0.39 is 0 Å². The zero-order valence-corrected chi connectivity index (χ0v) is 11.7. The Morgan fingerprint density at radius 1 is 1.35 bits per heavy atom. The van der Waals surface area contributed by atoms with Crippen LogP contribution in [0.5, 0.6) is 0 Å². The number of hydrogen-bond acceptors (Lipinski definition) is 3. The average molecular weight is 240 g/mol. The van der Waals surface area contributed by atoms with Crippen molar-refractivity contribution in [3.8, 4) is 0 Å². The van der Waals surface area contributed by atoms with E-state index in [0.717, 1.165) is 19.7 Å². The predicted octanol–water partition coefficient (Wildman–Crippen LogP) is 2.02. The van der Waals surface area contributed by atoms with Gasteiger partial charge < -0.3 is 10.1 Å². The number of rotatable bonds is 4. The molecule has 1 N–H and O–H groups in total. The van der Waals surface area contributed by atoms with Crippen molar-refractivity contribution in [1.29, 1.82) is 0 Å². The molecule has 0 aromatic heterocycles. The van der Waals surface area contributed by atoms with Gasteiger partial charge in [-0.2, -0.15) is 0 Å². The second-order valence-corrected chi connectivity index (χ2v) is 5.91. The first-order valence-corrected chi connectivity index (χ1v) is 7.28. The molecule has 0 amide bonds. The average Bonchev–Trinajstić information content (AvgIpc) is 2.75. The van der Waals surface area contributed by atoms with E-state index in [4.69, 9.17) is 4.74 Å². The van der Waals surface area contributed by atoms with E-state index in [1.165, 1.54) is 32.2 Å². The lowest BCUT2D eigenvalue weighted by Crippen LogP contribution is -2.59. The fourth-order valence-corrected chi connectivity index (χ4v) is 3.19. The molecule has 0 bridgehead atoms. The van der Waals surface area contributed by atoms with Crippen LogP contribution in [0, 0.1) is 0 Å². The summed E-state index contributed by atoms with van der Waals surface area (Å²) in [7, 11) is 0. The number of nitrogens with one attached hydrogen (secondary N) is 1. The van der Waals surface area contributed by atoms with Crippen LogP contribution in [-0.2, 0) is 4.74 Å². The second-order valence-electron chi connectivity index (χ2n) is 5.91. The highest BCUT2D eigenvalue weighted by atomic mass is 16.5. The maximum atomic E-state index is 5.94. The second kappa shape index (κ2) is 5.68. The van der Waals surface area contributed by atoms with Gasteiger partial charge in [-0.3, -0.25) is 4.90 Å². The first kappa shape index (κ1) is 13.3. The molecule has 0 radical (unpaired) electrons. The monoisotopic (exact) mass is 240 g/mol. The molecule has 3 nitrogen and oxygen atoms in total. The molecule has 2 rings (SSSR count). The molecule has 3 atom stereocenters. The molecule has 0 saturated carbocycles. The van der Waals surface area contributed by atoms with Crippen molar-refractivity contribution in [2.45, 2.75) is 64.1 Å². The molecule has 0 aromatic carbocycles. The van der Waals surface area contributed by atoms with Gasteiger partial charge in [-0.05, 0) is 32.6 Å². The van der Waals surface area contributed by atoms with Gasteiger partial charge >= 0.3 is 0 Å². The smallest absolute Gasteiger partial charge is 0.0781 e. The molecular formula is C14H28N2O. The maximum absolute atomic E-state index is 5.94. The minimum Gasteiger partial charge on any atom is -0.374 e. The van der Waals surface area contributed by atoms with Gasteiger partial charge in [-0.25, -0.2) is 0 Å². The van der Waals surface area contributed by atoms with Gasteiger partial charge in [0.15, 0.2) is 0 Å². The summed E-state index contributed by atoms with van der Waals surface area (Å²) in [5.41, 5.74) is 0.114. The standard InChI is InChI=1S/C14H28N2O/c1-4-12-10-16(13(5-2)9-15-12)11-14(3)7-6-8-17-14/h12-13,15H,4-11H2,1-3H3. The van der Waals surface area contributed by atoms with E-state index in [2.05, 4.69) is 31.0 Å². The van der Waals surface area contributed by atoms with E-state index in [1.54, 1.807) is 0 Å². The molecule has 2 fully saturated rings. The SMILES string of the molecule is CCC1CN(CC2(C)CCCO2)C(CC)CN1. The van der Waals surface area contributed by atoms with Crippen molar-refractivity contribution >= 4 is 0 Å². The van der Waals surface area contributed by atoms with Crippen LogP contribution in [0.25, 0.3) is 0 Å². The van der Waals surface area contributed by atoms with E-state index in [-0.39, 0.29) is 5.60 Å². The molecule has 100 valence electrons. The van der Waals surface area contributed by atoms with Crippen LogP contribution in [0.1, 0.15) is 46.5 Å². The number of piperazine rings is 1. The third kappa shape index (κ3) is 3.21. The molecular weight excluding hydrogens is 212 g/mol. The zero-order valence-electron chi connectivity index (χ0n) is 11.7. The molecule has 2 saturated heterocycles. The van der Waals surface area contributed by atoms with E-state index in [0.29, 0.717) is 12.1 Å². The van der Waals surface area contributed by atoms with Gasteiger partial charge in [0.2, 0.25) is 0 Å². The van der Waals surface area contributed by atoms with Crippen molar-refractivity contribution in [2.24, 2.45) is 0 Å². The third-order valence-electron chi connectivity index (χ3n) is 4.42. The van der Waals surface area contributed by atoms with Crippen molar-refractivity contribution < 1.29 is 4.74 Å². The summed E-state index contributed by atoms with van der Waals surface area (Å²) in [6, 6.07) is 1.36. The normalized spacial score (nSPS) is 39.7. The summed E-state index contributed by atoms with van der Waals surface area (Å²) in [4.78, 5) is 2.66. The van der Waals surface area contributed by atoms with Crippen LogP contribution in [0.2, 0.25) is 0 Å². The van der Waals surface area contributed by atoms with Gasteiger partial charge in [0.1, 0.15) is 0 Å². The summed E-state index contributed by atoms with van der Waals surface area (Å²) < 4.78 is 5.94. The van der Waals surface area contributed by atoms with E-state index in [1.807, 2.05) is 0 Å². The Balaban J connectivity index is 1.95. The largest absolute Gasteiger partial charge is 0.374 e. The first-order chi connectivity index (χ1) is 8.17. The zero-order chi connectivity index (χ0) is 12.3. The van der Waals surface area contributed by atoms with Crippen LogP contribution in [-0.4, -0.2) is 48.8 Å². The fraction of sp³-hybridized carbons (Fsp3) is 1.00. The summed E-state index contributed by atoms with van der Waals surface area (Å²) in [6.45, 7) is 11.3. The predicted molar refractivity (Wildman–Crippen MR) is 71.3 cm³/mol. The Morgan fingerprint density at radius 2 is 2.18 bits per heavy atom. The fourth-order valence-electron chi connectivity index (χ4n) is 3.19. The molecule has 2 aliphatic rings. The molecule has 3 heteroatoms. The van der Waals surface area contributed by atoms with Crippen molar-refractivity contribution in [3.05, 3.63) is 0 Å². The molecule has 0 spiro atoms. The number of ether oxygens (including phenoxy) is 1. The molecule has 2 heterocycles. The minimum absolute atomic E-state index is 0.114. The van der Waals surface area contributed by atoms with Crippen LogP contribution in [0.4, 0.5) is 0 Å². The van der Waals surface area contributed by atoms with Crippen LogP contribution < -0.4 is 5.32 Å². The number of hydrogen-bond donors (Lipinski definition) is 1. The van der Waals surface area contributed by atoms with Crippen molar-refractivity contribution in [2.75, 3.05) is 26.2 Å². The van der Waals surface area contributed by atoms with Crippen LogP contribution >= 0.6 is 0 Å². The summed E-state index contributed by atoms with van der Waals surface area (Å²) in [6.07, 6.45) is 4.92. The molecule has 3 unspecified atom stereocenters. The van der Waals surface area contributed by atoms with Crippen molar-refractivity contribution in [1.82, 2.24) is 10.2 Å². The molecule has 0 aliphatic carbocycles. The Morgan fingerprint density at radius 3 is 2.76 bits per heavy atom. The van der Waals surface area contributed by atoms with Crippen LogP contribution in [0.15, 0.2) is 0 Å². The molecule has 2 aliphatic heterocycles. The van der Waals surface area contributed by atoms with E-state index in [9.17, 15) is 0 Å². The lowest BCUT2D eigenvalue weighted by Gasteiger charge is -2.43. The lowest BCUT2D eigenvalue weighted by atomic mass is 9.98. The maximum Gasteiger partial charge on any atom is 0.0781 e. The Hall–Kier alpha value is -0.120. The Bertz CT molecular complexity index is 238. The Labute approximate surface area is 106 Å². The molecule has 0 aromatic rings. The first-order valence-electron chi connectivity index (χ1n) is 7.28. The minimum atomic E-state index is 0.114. The van der Waals surface area contributed by atoms with Gasteiger partial charge in [-0.15, -0.1) is 0 Å². The number of nitrogens with zero attached hydrogens (tertiary/aromatic N) is 1. The highest BCUT2D eigenvalue weighted by molar-refractivity contribution is 4.91. The summed E-state index contributed by atoms with van der Waals surface area (Å²) in [5.74, 6) is 0. The Kier molecular flexibility index (Phi) is 4.45. The molecule has 17 heavy (non-hydrogen) atoms. The van der Waals surface area contributed by atoms with Gasteiger partial charge in [-0.1, -0.05) is 13.8 Å².